The molecule has 0 saturated carbocycles. The zero-order chi connectivity index (χ0) is 30.0. The zero-order valence-corrected chi connectivity index (χ0v) is 24.4. The fourth-order valence-corrected chi connectivity index (χ4v) is 6.56. The molecule has 4 aromatic rings. The predicted molar refractivity (Wildman–Crippen MR) is 168 cm³/mol. The first-order chi connectivity index (χ1) is 21.5. The number of pyridine rings is 1. The topological polar surface area (TPSA) is 98.2 Å². The number of nitrogens with zero attached hydrogens (tertiary/aromatic N) is 4. The molecule has 0 radical (unpaired) electrons. The number of fused-ring (bicyclic) bond motifs is 1. The number of piperazine rings is 1. The number of hydrogen-bond acceptors (Lipinski definition) is 7. The highest BCUT2D eigenvalue weighted by atomic mass is 16.5. The van der Waals surface area contributed by atoms with Crippen LogP contribution in [0.2, 0.25) is 0 Å². The van der Waals surface area contributed by atoms with Gasteiger partial charge in [0.25, 0.3) is 0 Å². The van der Waals surface area contributed by atoms with Crippen molar-refractivity contribution in [2.45, 2.75) is 24.8 Å². The van der Waals surface area contributed by atoms with Gasteiger partial charge < -0.3 is 14.7 Å². The van der Waals surface area contributed by atoms with E-state index in [-0.39, 0.29) is 23.5 Å². The van der Waals surface area contributed by atoms with Crippen LogP contribution in [0.1, 0.15) is 40.6 Å². The number of carbonyl (C=O) groups is 2. The number of amides is 3. The molecule has 44 heavy (non-hydrogen) atoms. The lowest BCUT2D eigenvalue weighted by Crippen LogP contribution is -2.49. The molecule has 4 heterocycles. The van der Waals surface area contributed by atoms with E-state index in [1.165, 1.54) is 16.8 Å². The molecule has 2 fully saturated rings. The third-order valence-corrected chi connectivity index (χ3v) is 8.93. The summed E-state index contributed by atoms with van der Waals surface area (Å²) in [5.41, 5.74) is 6.44. The lowest BCUT2D eigenvalue weighted by molar-refractivity contribution is -0.120. The summed E-state index contributed by atoms with van der Waals surface area (Å²) in [7, 11) is 0. The second kappa shape index (κ2) is 12.0. The van der Waals surface area contributed by atoms with E-state index in [0.717, 1.165) is 49.7 Å². The third kappa shape index (κ3) is 5.70. The zero-order valence-electron chi connectivity index (χ0n) is 24.4. The summed E-state index contributed by atoms with van der Waals surface area (Å²) < 4.78 is 6.13. The van der Waals surface area contributed by atoms with E-state index in [1.807, 2.05) is 24.3 Å². The van der Waals surface area contributed by atoms with E-state index in [1.54, 1.807) is 23.2 Å². The summed E-state index contributed by atoms with van der Waals surface area (Å²) in [6.07, 6.45) is 2.01. The van der Waals surface area contributed by atoms with Crippen molar-refractivity contribution < 1.29 is 19.4 Å². The van der Waals surface area contributed by atoms with E-state index in [2.05, 4.69) is 68.6 Å². The molecular formula is C35H35N5O4. The van der Waals surface area contributed by atoms with Gasteiger partial charge in [0.05, 0.1) is 24.2 Å². The van der Waals surface area contributed by atoms with Crippen LogP contribution in [0.15, 0.2) is 91.1 Å². The Balaban J connectivity index is 1.00. The van der Waals surface area contributed by atoms with Gasteiger partial charge >= 0.3 is 6.03 Å². The molecule has 0 aliphatic carbocycles. The Morgan fingerprint density at radius 1 is 0.841 bits per heavy atom. The van der Waals surface area contributed by atoms with E-state index < -0.39 is 6.03 Å². The molecule has 0 spiro atoms. The number of urea groups is 1. The maximum absolute atomic E-state index is 12.1. The van der Waals surface area contributed by atoms with Gasteiger partial charge in [0, 0.05) is 74.8 Å². The molecule has 2 saturated heterocycles. The molecule has 1 aromatic heterocycles. The Morgan fingerprint density at radius 3 is 2.34 bits per heavy atom. The number of hydrogen-bond donors (Lipinski definition) is 2. The van der Waals surface area contributed by atoms with Crippen molar-refractivity contribution in [1.82, 2.24) is 15.2 Å². The first-order valence-electron chi connectivity index (χ1n) is 15.2. The Morgan fingerprint density at radius 2 is 1.61 bits per heavy atom. The minimum absolute atomic E-state index is 0.123. The van der Waals surface area contributed by atoms with Crippen molar-refractivity contribution in [3.8, 4) is 11.5 Å². The number of carbonyl (C=O) groups excluding carboxylic acids is 2. The van der Waals surface area contributed by atoms with E-state index in [4.69, 9.17) is 4.74 Å². The highest BCUT2D eigenvalue weighted by molar-refractivity contribution is 6.05. The van der Waals surface area contributed by atoms with Gasteiger partial charge in [-0.2, -0.15) is 0 Å². The fraction of sp³-hybridized carbons (Fsp3) is 0.286. The predicted octanol–water partition coefficient (Wildman–Crippen LogP) is 4.86. The quantitative estimate of drug-likeness (QED) is 0.331. The number of ether oxygens (including phenoxy) is 1. The number of nitrogens with one attached hydrogen (secondary N) is 1. The highest BCUT2D eigenvalue weighted by Gasteiger charge is 2.34. The number of aromatic nitrogens is 1. The van der Waals surface area contributed by atoms with Gasteiger partial charge in [0.2, 0.25) is 5.91 Å². The fourth-order valence-electron chi connectivity index (χ4n) is 6.56. The van der Waals surface area contributed by atoms with Crippen LogP contribution < -0.4 is 19.9 Å². The molecule has 0 bridgehead atoms. The molecule has 3 aromatic carbocycles. The van der Waals surface area contributed by atoms with Crippen LogP contribution >= 0.6 is 0 Å². The summed E-state index contributed by atoms with van der Waals surface area (Å²) >= 11 is 0. The molecule has 3 aliphatic heterocycles. The average molecular weight is 590 g/mol. The molecule has 2 N–H and O–H groups in total. The van der Waals surface area contributed by atoms with Crippen LogP contribution in [0, 0.1) is 0 Å². The first-order valence-corrected chi connectivity index (χ1v) is 15.2. The maximum Gasteiger partial charge on any atom is 0.328 e. The van der Waals surface area contributed by atoms with Crippen LogP contribution in [0.4, 0.5) is 16.2 Å². The Kier molecular flexibility index (Phi) is 7.62. The second-order valence-corrected chi connectivity index (χ2v) is 11.6. The monoisotopic (exact) mass is 589 g/mol. The smallest absolute Gasteiger partial charge is 0.328 e. The molecule has 2 atom stereocenters. The molecule has 3 amide bonds. The maximum atomic E-state index is 12.1. The number of phenols is 1. The van der Waals surface area contributed by atoms with Crippen LogP contribution in [0.5, 0.6) is 11.5 Å². The van der Waals surface area contributed by atoms with Gasteiger partial charge in [-0.1, -0.05) is 48.5 Å². The number of anilines is 2. The summed E-state index contributed by atoms with van der Waals surface area (Å²) in [5, 5.41) is 12.4. The van der Waals surface area contributed by atoms with Crippen LogP contribution in [0.25, 0.3) is 0 Å². The molecule has 7 rings (SSSR count). The number of imide groups is 1. The molecule has 0 unspecified atom stereocenters. The molecule has 9 heteroatoms. The number of aromatic hydroxyl groups is 1. The largest absolute Gasteiger partial charge is 0.508 e. The molecule has 9 nitrogen and oxygen atoms in total. The minimum atomic E-state index is -0.395. The lowest BCUT2D eigenvalue weighted by atomic mass is 9.76. The van der Waals surface area contributed by atoms with Crippen molar-refractivity contribution in [2.75, 3.05) is 49.1 Å². The Hall–Kier alpha value is -4.89. The Labute approximate surface area is 256 Å². The van der Waals surface area contributed by atoms with Gasteiger partial charge in [-0.3, -0.25) is 24.9 Å². The van der Waals surface area contributed by atoms with Crippen molar-refractivity contribution >= 4 is 23.3 Å². The summed E-state index contributed by atoms with van der Waals surface area (Å²) in [6.45, 7) is 5.37. The van der Waals surface area contributed by atoms with Crippen molar-refractivity contribution in [2.24, 2.45) is 0 Å². The lowest BCUT2D eigenvalue weighted by Gasteiger charge is -2.37. The Bertz CT molecular complexity index is 1640. The van der Waals surface area contributed by atoms with E-state index in [9.17, 15) is 14.7 Å². The van der Waals surface area contributed by atoms with Crippen LogP contribution in [0.3, 0.4) is 0 Å². The second-order valence-electron chi connectivity index (χ2n) is 11.6. The summed E-state index contributed by atoms with van der Waals surface area (Å²) in [6, 6.07) is 28.4. The molecule has 3 aliphatic rings. The van der Waals surface area contributed by atoms with Gasteiger partial charge in [-0.25, -0.2) is 4.79 Å². The number of phenolic OH excluding ortho intramolecular Hbond substituents is 1. The summed E-state index contributed by atoms with van der Waals surface area (Å²) in [4.78, 5) is 34.5. The SMILES string of the molecule is O=C1CCN(c2ccc(CN3CCN(c4ccc([C@H]5c6ccc(O)cc6OC[C@H]5c5ccccc5)cc4)CC3)nc2)C(=O)N1. The van der Waals surface area contributed by atoms with E-state index in [0.29, 0.717) is 25.3 Å². The normalized spacial score (nSPS) is 20.5. The minimum Gasteiger partial charge on any atom is -0.508 e. The van der Waals surface area contributed by atoms with Gasteiger partial charge in [-0.15, -0.1) is 0 Å². The van der Waals surface area contributed by atoms with Crippen molar-refractivity contribution in [3.05, 3.63) is 114 Å². The number of benzene rings is 3. The molecular weight excluding hydrogens is 554 g/mol. The van der Waals surface area contributed by atoms with Gasteiger partial charge in [-0.05, 0) is 41.5 Å². The van der Waals surface area contributed by atoms with Crippen LogP contribution in [-0.4, -0.2) is 66.3 Å². The van der Waals surface area contributed by atoms with Crippen LogP contribution in [-0.2, 0) is 11.3 Å². The summed E-state index contributed by atoms with van der Waals surface area (Å²) in [5.74, 6) is 1.02. The molecule has 224 valence electrons. The standard InChI is InChI=1S/C35H35N5O4/c41-29-12-13-30-32(20-29)44-23-31(24-4-2-1-3-5-24)34(30)25-6-9-27(10-7-25)39-18-16-38(17-19-39)22-26-8-11-28(21-36-26)40-15-14-33(42)37-35(40)43/h1-13,20-21,31,34,41H,14-19,22-23H2,(H,37,42,43)/t31-,34-/m0/s1. The van der Waals surface area contributed by atoms with Crippen molar-refractivity contribution in [3.63, 3.8) is 0 Å². The van der Waals surface area contributed by atoms with Gasteiger partial charge in [0.15, 0.2) is 0 Å². The number of rotatable bonds is 6. The third-order valence-electron chi connectivity index (χ3n) is 8.93. The van der Waals surface area contributed by atoms with Gasteiger partial charge in [0.1, 0.15) is 11.5 Å². The first kappa shape index (κ1) is 27.9. The van der Waals surface area contributed by atoms with E-state index >= 15 is 0 Å². The van der Waals surface area contributed by atoms with Crippen molar-refractivity contribution in [1.29, 1.82) is 0 Å². The highest BCUT2D eigenvalue weighted by Crippen LogP contribution is 2.47. The average Bonchev–Trinajstić information content (AvgIpc) is 3.05.